The first-order valence-corrected chi connectivity index (χ1v) is 10.8. The minimum absolute atomic E-state index is 0.0120. The van der Waals surface area contributed by atoms with Gasteiger partial charge in [0.2, 0.25) is 0 Å². The molecule has 1 heterocycles. The first-order chi connectivity index (χ1) is 14.7. The van der Waals surface area contributed by atoms with Crippen molar-refractivity contribution in [2.24, 2.45) is 0 Å². The fraction of sp³-hybridized carbons (Fsp3) is 0.0870. The average molecular weight is 440 g/mol. The van der Waals surface area contributed by atoms with Gasteiger partial charge >= 0.3 is 0 Å². The molecule has 4 rings (SSSR count). The topological polar surface area (TPSA) is 72.2 Å². The van der Waals surface area contributed by atoms with Gasteiger partial charge in [0.05, 0.1) is 4.90 Å². The number of imidazole rings is 1. The molecule has 0 aliphatic carbocycles. The first-order valence-electron chi connectivity index (χ1n) is 9.33. The molecule has 0 fully saturated rings. The molecular formula is C23H18F2N2O3S. The molecule has 4 aromatic rings. The van der Waals surface area contributed by atoms with E-state index in [0.29, 0.717) is 0 Å². The van der Waals surface area contributed by atoms with Crippen molar-refractivity contribution in [3.63, 3.8) is 0 Å². The van der Waals surface area contributed by atoms with Crippen molar-refractivity contribution in [2.75, 3.05) is 0 Å². The van der Waals surface area contributed by atoms with E-state index < -0.39 is 27.3 Å². The number of nitrogens with zero attached hydrogens (tertiary/aromatic N) is 2. The molecule has 0 unspecified atom stereocenters. The second-order valence-electron chi connectivity index (χ2n) is 7.09. The van der Waals surface area contributed by atoms with Crippen molar-refractivity contribution >= 4 is 10.0 Å². The highest BCUT2D eigenvalue weighted by Gasteiger charge is 2.40. The number of aryl methyl sites for hydroxylation is 1. The molecule has 0 atom stereocenters. The maximum absolute atomic E-state index is 13.5. The predicted octanol–water partition coefficient (Wildman–Crippen LogP) is 3.99. The molecule has 5 nitrogen and oxygen atoms in total. The Morgan fingerprint density at radius 3 is 1.81 bits per heavy atom. The van der Waals surface area contributed by atoms with Gasteiger partial charge in [0, 0.05) is 12.4 Å². The van der Waals surface area contributed by atoms with Gasteiger partial charge in [-0.1, -0.05) is 42.0 Å². The minimum atomic E-state index is -4.11. The second-order valence-corrected chi connectivity index (χ2v) is 8.90. The highest BCUT2D eigenvalue weighted by Crippen LogP contribution is 2.37. The Hall–Kier alpha value is -3.36. The average Bonchev–Trinajstić information content (AvgIpc) is 3.26. The summed E-state index contributed by atoms with van der Waals surface area (Å²) >= 11 is 0. The molecule has 0 aliphatic rings. The summed E-state index contributed by atoms with van der Waals surface area (Å²) in [5.74, 6) is -1.28. The van der Waals surface area contributed by atoms with E-state index in [-0.39, 0.29) is 21.8 Å². The molecule has 0 saturated heterocycles. The molecule has 0 amide bonds. The number of rotatable bonds is 5. The van der Waals surface area contributed by atoms with E-state index in [1.54, 1.807) is 12.1 Å². The third-order valence-electron chi connectivity index (χ3n) is 5.03. The maximum atomic E-state index is 13.5. The number of hydrogen-bond acceptors (Lipinski definition) is 4. The molecule has 1 aromatic heterocycles. The van der Waals surface area contributed by atoms with Crippen LogP contribution in [0.2, 0.25) is 0 Å². The molecule has 0 aliphatic heterocycles. The van der Waals surface area contributed by atoms with Crippen molar-refractivity contribution in [2.45, 2.75) is 17.4 Å². The van der Waals surface area contributed by atoms with Crippen LogP contribution in [-0.2, 0) is 15.6 Å². The number of aromatic nitrogens is 2. The quantitative estimate of drug-likeness (QED) is 0.509. The van der Waals surface area contributed by atoms with Gasteiger partial charge in [-0.2, -0.15) is 0 Å². The lowest BCUT2D eigenvalue weighted by molar-refractivity contribution is 0.115. The molecule has 0 radical (unpaired) electrons. The summed E-state index contributed by atoms with van der Waals surface area (Å²) in [5.41, 5.74) is -0.860. The van der Waals surface area contributed by atoms with E-state index in [1.807, 2.05) is 6.92 Å². The summed E-state index contributed by atoms with van der Waals surface area (Å²) in [6, 6.07) is 16.1. The molecule has 0 bridgehead atoms. The van der Waals surface area contributed by atoms with Gasteiger partial charge in [-0.25, -0.2) is 26.2 Å². The lowest BCUT2D eigenvalue weighted by Gasteiger charge is -2.29. The lowest BCUT2D eigenvalue weighted by Crippen LogP contribution is -2.34. The van der Waals surface area contributed by atoms with Crippen LogP contribution in [0.4, 0.5) is 8.78 Å². The lowest BCUT2D eigenvalue weighted by atomic mass is 9.85. The highest BCUT2D eigenvalue weighted by atomic mass is 32.2. The second kappa shape index (κ2) is 7.72. The molecule has 0 spiro atoms. The molecule has 0 saturated carbocycles. The largest absolute Gasteiger partial charge is 0.373 e. The third-order valence-corrected chi connectivity index (χ3v) is 6.71. The zero-order valence-electron chi connectivity index (χ0n) is 16.4. The molecular weight excluding hydrogens is 422 g/mol. The number of halogens is 2. The Kier molecular flexibility index (Phi) is 5.20. The summed E-state index contributed by atoms with van der Waals surface area (Å²) < 4.78 is 54.6. The summed E-state index contributed by atoms with van der Waals surface area (Å²) in [6.07, 6.45) is 2.47. The summed E-state index contributed by atoms with van der Waals surface area (Å²) in [7, 11) is -4.11. The fourth-order valence-corrected chi connectivity index (χ4v) is 4.70. The molecule has 158 valence electrons. The number of hydrogen-bond donors (Lipinski definition) is 1. The Morgan fingerprint density at radius 2 is 1.32 bits per heavy atom. The number of benzene rings is 3. The zero-order chi connectivity index (χ0) is 22.2. The van der Waals surface area contributed by atoms with Crippen LogP contribution < -0.4 is 0 Å². The van der Waals surface area contributed by atoms with E-state index in [2.05, 4.69) is 4.98 Å². The number of aliphatic hydroxyl groups is 1. The maximum Gasteiger partial charge on any atom is 0.269 e. The van der Waals surface area contributed by atoms with Gasteiger partial charge in [0.25, 0.3) is 10.0 Å². The molecule has 31 heavy (non-hydrogen) atoms. The summed E-state index contributed by atoms with van der Waals surface area (Å²) in [5, 5.41) is 11.8. The van der Waals surface area contributed by atoms with Crippen LogP contribution in [0.15, 0.2) is 90.1 Å². The summed E-state index contributed by atoms with van der Waals surface area (Å²) in [6.45, 7) is 1.83. The normalized spacial score (nSPS) is 12.1. The van der Waals surface area contributed by atoms with E-state index in [1.165, 1.54) is 48.8 Å². The minimum Gasteiger partial charge on any atom is -0.373 e. The van der Waals surface area contributed by atoms with Crippen LogP contribution in [0.1, 0.15) is 22.5 Å². The van der Waals surface area contributed by atoms with E-state index in [9.17, 15) is 22.3 Å². The SMILES string of the molecule is Cc1ccc(S(=O)(=O)n2ccnc2C(O)(c2ccc(F)cc2)c2ccc(F)cc2)cc1. The first kappa shape index (κ1) is 20.9. The van der Waals surface area contributed by atoms with Crippen molar-refractivity contribution < 1.29 is 22.3 Å². The molecule has 3 aromatic carbocycles. The van der Waals surface area contributed by atoms with Gasteiger partial charge in [0.15, 0.2) is 11.4 Å². The molecule has 1 N–H and O–H groups in total. The van der Waals surface area contributed by atoms with Crippen molar-refractivity contribution in [1.82, 2.24) is 8.96 Å². The summed E-state index contributed by atoms with van der Waals surface area (Å²) in [4.78, 5) is 4.15. The monoisotopic (exact) mass is 440 g/mol. The van der Waals surface area contributed by atoms with Crippen LogP contribution in [0, 0.1) is 18.6 Å². The Labute approximate surface area is 178 Å². The van der Waals surface area contributed by atoms with E-state index in [0.717, 1.165) is 33.8 Å². The van der Waals surface area contributed by atoms with E-state index in [4.69, 9.17) is 0 Å². The van der Waals surface area contributed by atoms with Crippen LogP contribution in [-0.4, -0.2) is 22.5 Å². The van der Waals surface area contributed by atoms with Crippen molar-refractivity contribution in [3.05, 3.63) is 119 Å². The Bertz CT molecular complexity index is 1270. The van der Waals surface area contributed by atoms with Gasteiger partial charge in [-0.15, -0.1) is 0 Å². The smallest absolute Gasteiger partial charge is 0.269 e. The molecule has 8 heteroatoms. The van der Waals surface area contributed by atoms with Crippen LogP contribution in [0.5, 0.6) is 0 Å². The van der Waals surface area contributed by atoms with Gasteiger partial charge < -0.3 is 5.11 Å². The van der Waals surface area contributed by atoms with Crippen LogP contribution in [0.25, 0.3) is 0 Å². The van der Waals surface area contributed by atoms with Gasteiger partial charge in [0.1, 0.15) is 11.6 Å². The van der Waals surface area contributed by atoms with E-state index >= 15 is 0 Å². The van der Waals surface area contributed by atoms with Crippen LogP contribution >= 0.6 is 0 Å². The van der Waals surface area contributed by atoms with Crippen molar-refractivity contribution in [1.29, 1.82) is 0 Å². The van der Waals surface area contributed by atoms with Gasteiger partial charge in [-0.05, 0) is 54.4 Å². The fourth-order valence-electron chi connectivity index (χ4n) is 3.37. The third kappa shape index (κ3) is 3.64. The standard InChI is InChI=1S/C23H18F2N2O3S/c1-16-2-12-21(13-3-16)31(29,30)27-15-14-26-22(27)23(28,17-4-8-19(24)9-5-17)18-6-10-20(25)11-7-18/h2-15,28H,1H3. The highest BCUT2D eigenvalue weighted by molar-refractivity contribution is 7.90. The predicted molar refractivity (Wildman–Crippen MR) is 111 cm³/mol. The Balaban J connectivity index is 1.96. The van der Waals surface area contributed by atoms with Crippen LogP contribution in [0.3, 0.4) is 0 Å². The van der Waals surface area contributed by atoms with Gasteiger partial charge in [-0.3, -0.25) is 0 Å². The van der Waals surface area contributed by atoms with Crippen molar-refractivity contribution in [3.8, 4) is 0 Å². The zero-order valence-corrected chi connectivity index (χ0v) is 17.2. The Morgan fingerprint density at radius 1 is 0.839 bits per heavy atom.